The Kier molecular flexibility index (Phi) is 4.06. The van der Waals surface area contributed by atoms with Crippen LogP contribution < -0.4 is 0 Å². The van der Waals surface area contributed by atoms with E-state index in [-0.39, 0.29) is 11.7 Å². The van der Waals surface area contributed by atoms with Crippen molar-refractivity contribution in [2.24, 2.45) is 5.92 Å². The third-order valence-corrected chi connectivity index (χ3v) is 4.90. The molecule has 1 aliphatic rings. The maximum Gasteiger partial charge on any atom is 0.211 e. The molecular weight excluding hydrogens is 262 g/mol. The van der Waals surface area contributed by atoms with Gasteiger partial charge in [-0.3, -0.25) is 4.79 Å². The van der Waals surface area contributed by atoms with Crippen molar-refractivity contribution in [1.29, 1.82) is 0 Å². The average Bonchev–Trinajstić information content (AvgIpc) is 2.38. The molecule has 0 N–H and O–H groups in total. The summed E-state index contributed by atoms with van der Waals surface area (Å²) in [6.45, 7) is 2.74. The van der Waals surface area contributed by atoms with E-state index in [1.54, 1.807) is 0 Å². The lowest BCUT2D eigenvalue weighted by atomic mass is 9.89. The predicted molar refractivity (Wildman–Crippen MR) is 74.7 cm³/mol. The van der Waals surface area contributed by atoms with Gasteiger partial charge in [0.2, 0.25) is 10.0 Å². The number of Topliss-reactive ketones (excluding diaryl/α,β-unsaturated/α-hetero) is 1. The molecule has 0 aliphatic carbocycles. The minimum absolute atomic E-state index is 0.0615. The first-order chi connectivity index (χ1) is 8.89. The zero-order valence-corrected chi connectivity index (χ0v) is 12.1. The number of nitrogens with zero attached hydrogens (tertiary/aromatic N) is 1. The number of hydrogen-bond acceptors (Lipinski definition) is 3. The molecule has 5 heteroatoms. The van der Waals surface area contributed by atoms with Gasteiger partial charge in [-0.05, 0) is 25.3 Å². The Labute approximate surface area is 114 Å². The van der Waals surface area contributed by atoms with E-state index in [4.69, 9.17) is 0 Å². The summed E-state index contributed by atoms with van der Waals surface area (Å²) in [5.74, 6) is -0.156. The molecule has 0 bridgehead atoms. The molecule has 0 saturated carbocycles. The molecule has 0 spiro atoms. The van der Waals surface area contributed by atoms with Crippen molar-refractivity contribution in [3.8, 4) is 0 Å². The highest BCUT2D eigenvalue weighted by Crippen LogP contribution is 2.23. The molecule has 104 valence electrons. The number of carbonyl (C=O) groups excluding carboxylic acids is 1. The molecule has 1 heterocycles. The van der Waals surface area contributed by atoms with Crippen molar-refractivity contribution in [2.75, 3.05) is 19.3 Å². The van der Waals surface area contributed by atoms with Crippen LogP contribution in [0.15, 0.2) is 24.3 Å². The van der Waals surface area contributed by atoms with E-state index in [2.05, 4.69) is 0 Å². The van der Waals surface area contributed by atoms with Crippen molar-refractivity contribution in [2.45, 2.75) is 19.8 Å². The first-order valence-corrected chi connectivity index (χ1v) is 8.29. The second-order valence-electron chi connectivity index (χ2n) is 5.14. The number of hydrogen-bond donors (Lipinski definition) is 0. The predicted octanol–water partition coefficient (Wildman–Crippen LogP) is 1.85. The number of rotatable bonds is 3. The monoisotopic (exact) mass is 281 g/mol. The molecule has 1 atom stereocenters. The SMILES string of the molecule is Cc1ccccc1C(=O)C1CCCN(S(C)(=O)=O)C1. The van der Waals surface area contributed by atoms with Crippen molar-refractivity contribution < 1.29 is 13.2 Å². The second-order valence-corrected chi connectivity index (χ2v) is 7.12. The Morgan fingerprint density at radius 2 is 2.00 bits per heavy atom. The van der Waals surface area contributed by atoms with Crippen LogP contribution in [-0.2, 0) is 10.0 Å². The Morgan fingerprint density at radius 3 is 2.63 bits per heavy atom. The van der Waals surface area contributed by atoms with Crippen LogP contribution in [0.25, 0.3) is 0 Å². The van der Waals surface area contributed by atoms with Gasteiger partial charge in [-0.1, -0.05) is 24.3 Å². The zero-order chi connectivity index (χ0) is 14.0. The molecule has 4 nitrogen and oxygen atoms in total. The number of carbonyl (C=O) groups is 1. The van der Waals surface area contributed by atoms with Crippen LogP contribution in [0.5, 0.6) is 0 Å². The van der Waals surface area contributed by atoms with E-state index in [9.17, 15) is 13.2 Å². The lowest BCUT2D eigenvalue weighted by molar-refractivity contribution is 0.0872. The van der Waals surface area contributed by atoms with Crippen LogP contribution in [0.1, 0.15) is 28.8 Å². The van der Waals surface area contributed by atoms with E-state index in [0.29, 0.717) is 18.7 Å². The first-order valence-electron chi connectivity index (χ1n) is 6.44. The van der Waals surface area contributed by atoms with Gasteiger partial charge in [0, 0.05) is 24.6 Å². The molecular formula is C14H19NO3S. The smallest absolute Gasteiger partial charge is 0.211 e. The van der Waals surface area contributed by atoms with Crippen molar-refractivity contribution >= 4 is 15.8 Å². The van der Waals surface area contributed by atoms with Crippen LogP contribution in [0.4, 0.5) is 0 Å². The Bertz CT molecular complexity index is 580. The van der Waals surface area contributed by atoms with Gasteiger partial charge in [0.05, 0.1) is 6.26 Å². The molecule has 1 aromatic carbocycles. The van der Waals surface area contributed by atoms with Crippen LogP contribution in [-0.4, -0.2) is 37.9 Å². The standard InChI is InChI=1S/C14H19NO3S/c1-11-6-3-4-8-13(11)14(16)12-7-5-9-15(10-12)19(2,17)18/h3-4,6,8,12H,5,7,9-10H2,1-2H3. The van der Waals surface area contributed by atoms with Gasteiger partial charge < -0.3 is 0 Å². The van der Waals surface area contributed by atoms with E-state index >= 15 is 0 Å². The summed E-state index contributed by atoms with van der Waals surface area (Å²) < 4.78 is 24.6. The normalized spacial score (nSPS) is 21.3. The second kappa shape index (κ2) is 5.43. The van der Waals surface area contributed by atoms with Gasteiger partial charge in [-0.2, -0.15) is 0 Å². The molecule has 1 saturated heterocycles. The van der Waals surface area contributed by atoms with Gasteiger partial charge in [0.15, 0.2) is 5.78 Å². The highest BCUT2D eigenvalue weighted by Gasteiger charge is 2.30. The van der Waals surface area contributed by atoms with Crippen LogP contribution >= 0.6 is 0 Å². The third kappa shape index (κ3) is 3.22. The largest absolute Gasteiger partial charge is 0.294 e. The van der Waals surface area contributed by atoms with Gasteiger partial charge in [-0.25, -0.2) is 12.7 Å². The van der Waals surface area contributed by atoms with Gasteiger partial charge >= 0.3 is 0 Å². The van der Waals surface area contributed by atoms with Crippen molar-refractivity contribution in [3.05, 3.63) is 35.4 Å². The van der Waals surface area contributed by atoms with Gasteiger partial charge in [0.1, 0.15) is 0 Å². The van der Waals surface area contributed by atoms with Crippen molar-refractivity contribution in [1.82, 2.24) is 4.31 Å². The fourth-order valence-electron chi connectivity index (χ4n) is 2.53. The fraction of sp³-hybridized carbons (Fsp3) is 0.500. The highest BCUT2D eigenvalue weighted by molar-refractivity contribution is 7.88. The average molecular weight is 281 g/mol. The number of sulfonamides is 1. The van der Waals surface area contributed by atoms with E-state index in [1.165, 1.54) is 10.6 Å². The molecule has 1 aromatic rings. The molecule has 1 unspecified atom stereocenters. The minimum Gasteiger partial charge on any atom is -0.294 e. The Morgan fingerprint density at radius 1 is 1.32 bits per heavy atom. The summed E-state index contributed by atoms with van der Waals surface area (Å²) in [5.41, 5.74) is 1.66. The van der Waals surface area contributed by atoms with Gasteiger partial charge in [-0.15, -0.1) is 0 Å². The molecule has 0 radical (unpaired) electrons. The topological polar surface area (TPSA) is 54.5 Å². The molecule has 19 heavy (non-hydrogen) atoms. The minimum atomic E-state index is -3.20. The third-order valence-electron chi connectivity index (χ3n) is 3.63. The van der Waals surface area contributed by atoms with Crippen LogP contribution in [0.2, 0.25) is 0 Å². The maximum atomic E-state index is 12.5. The highest BCUT2D eigenvalue weighted by atomic mass is 32.2. The zero-order valence-electron chi connectivity index (χ0n) is 11.3. The lowest BCUT2D eigenvalue weighted by Gasteiger charge is -2.30. The fourth-order valence-corrected chi connectivity index (χ4v) is 3.44. The number of benzene rings is 1. The molecule has 0 aromatic heterocycles. The molecule has 2 rings (SSSR count). The summed E-state index contributed by atoms with van der Waals surface area (Å²) in [7, 11) is -3.20. The summed E-state index contributed by atoms with van der Waals surface area (Å²) in [6, 6.07) is 7.47. The number of aryl methyl sites for hydroxylation is 1. The summed E-state index contributed by atoms with van der Waals surface area (Å²) in [4.78, 5) is 12.5. The molecule has 0 amide bonds. The van der Waals surface area contributed by atoms with E-state index < -0.39 is 10.0 Å². The first kappa shape index (κ1) is 14.2. The number of piperidine rings is 1. The van der Waals surface area contributed by atoms with E-state index in [0.717, 1.165) is 18.4 Å². The van der Waals surface area contributed by atoms with Crippen LogP contribution in [0, 0.1) is 12.8 Å². The Balaban J connectivity index is 2.19. The quantitative estimate of drug-likeness (QED) is 0.795. The maximum absolute atomic E-state index is 12.5. The summed E-state index contributed by atoms with van der Waals surface area (Å²) in [6.07, 6.45) is 2.71. The number of ketones is 1. The molecule has 1 fully saturated rings. The van der Waals surface area contributed by atoms with Gasteiger partial charge in [0.25, 0.3) is 0 Å². The molecule has 1 aliphatic heterocycles. The summed E-state index contributed by atoms with van der Waals surface area (Å²) in [5, 5.41) is 0. The van der Waals surface area contributed by atoms with Crippen molar-refractivity contribution in [3.63, 3.8) is 0 Å². The summed E-state index contributed by atoms with van der Waals surface area (Å²) >= 11 is 0. The lowest BCUT2D eigenvalue weighted by Crippen LogP contribution is -2.41. The van der Waals surface area contributed by atoms with E-state index in [1.807, 2.05) is 31.2 Å². The van der Waals surface area contributed by atoms with Crippen LogP contribution in [0.3, 0.4) is 0 Å². The Hall–Kier alpha value is -1.20.